The maximum atomic E-state index is 6.15. The Morgan fingerprint density at radius 1 is 1.17 bits per heavy atom. The first kappa shape index (κ1) is 16.8. The Morgan fingerprint density at radius 3 is 2.75 bits per heavy atom. The van der Waals surface area contributed by atoms with E-state index in [0.717, 1.165) is 46.1 Å². The maximum Gasteiger partial charge on any atom is 0.119 e. The monoisotopic (exact) mass is 343 g/mol. The third kappa shape index (κ3) is 3.40. The van der Waals surface area contributed by atoms with Gasteiger partial charge in [0.25, 0.3) is 0 Å². The molecule has 1 atom stereocenters. The summed E-state index contributed by atoms with van der Waals surface area (Å²) in [6.07, 6.45) is 2.00. The van der Waals surface area contributed by atoms with Crippen molar-refractivity contribution in [3.63, 3.8) is 0 Å². The predicted octanol–water partition coefficient (Wildman–Crippen LogP) is 4.59. The fourth-order valence-electron chi connectivity index (χ4n) is 2.92. The fraction of sp³-hybridized carbons (Fsp3) is 0.316. The standard InChI is InChI=1S/C19H22ClN3O/c1-12(4-3-9-21)22-19-15-7-5-13(20)10-18(15)23-17-8-6-14(24-2)11-16(17)19/h5-8,10-12H,3-4,9,21H2,1-2H3,(H,22,23). The molecule has 5 heteroatoms. The van der Waals surface area contributed by atoms with E-state index in [1.54, 1.807) is 7.11 Å². The molecule has 0 saturated heterocycles. The molecule has 24 heavy (non-hydrogen) atoms. The molecule has 4 nitrogen and oxygen atoms in total. The fourth-order valence-corrected chi connectivity index (χ4v) is 3.09. The number of methoxy groups -OCH3 is 1. The van der Waals surface area contributed by atoms with Gasteiger partial charge in [-0.15, -0.1) is 0 Å². The van der Waals surface area contributed by atoms with E-state index in [1.807, 2.05) is 36.4 Å². The molecule has 0 aliphatic carbocycles. The first-order chi connectivity index (χ1) is 11.6. The maximum absolute atomic E-state index is 6.15. The Labute approximate surface area is 147 Å². The first-order valence-corrected chi connectivity index (χ1v) is 8.54. The number of anilines is 1. The minimum absolute atomic E-state index is 0.309. The number of nitrogens with two attached hydrogens (primary N) is 1. The molecule has 0 aliphatic heterocycles. The molecule has 0 radical (unpaired) electrons. The van der Waals surface area contributed by atoms with Crippen molar-refractivity contribution in [2.24, 2.45) is 5.73 Å². The molecular weight excluding hydrogens is 322 g/mol. The van der Waals surface area contributed by atoms with Crippen LogP contribution in [-0.4, -0.2) is 24.7 Å². The van der Waals surface area contributed by atoms with Crippen molar-refractivity contribution < 1.29 is 4.74 Å². The van der Waals surface area contributed by atoms with E-state index in [0.29, 0.717) is 17.6 Å². The van der Waals surface area contributed by atoms with Gasteiger partial charge < -0.3 is 15.8 Å². The molecular formula is C19H22ClN3O. The number of nitrogens with one attached hydrogen (secondary N) is 1. The zero-order chi connectivity index (χ0) is 17.1. The topological polar surface area (TPSA) is 60.2 Å². The van der Waals surface area contributed by atoms with Gasteiger partial charge in [0, 0.05) is 21.8 Å². The second-order valence-electron chi connectivity index (χ2n) is 6.01. The average molecular weight is 344 g/mol. The molecule has 0 bridgehead atoms. The number of ether oxygens (including phenoxy) is 1. The summed E-state index contributed by atoms with van der Waals surface area (Å²) in [4.78, 5) is 4.74. The van der Waals surface area contributed by atoms with E-state index in [-0.39, 0.29) is 0 Å². The van der Waals surface area contributed by atoms with Gasteiger partial charge in [-0.3, -0.25) is 0 Å². The Morgan fingerprint density at radius 2 is 2.00 bits per heavy atom. The average Bonchev–Trinajstić information content (AvgIpc) is 2.59. The van der Waals surface area contributed by atoms with Crippen LogP contribution >= 0.6 is 11.6 Å². The largest absolute Gasteiger partial charge is 0.497 e. The van der Waals surface area contributed by atoms with Crippen LogP contribution in [0.25, 0.3) is 21.8 Å². The lowest BCUT2D eigenvalue weighted by molar-refractivity contribution is 0.415. The third-order valence-electron chi connectivity index (χ3n) is 4.18. The highest BCUT2D eigenvalue weighted by atomic mass is 35.5. The van der Waals surface area contributed by atoms with Crippen molar-refractivity contribution in [1.29, 1.82) is 0 Å². The SMILES string of the molecule is COc1ccc2nc3cc(Cl)ccc3c(NC(C)CCCN)c2c1. The van der Waals surface area contributed by atoms with Crippen LogP contribution in [-0.2, 0) is 0 Å². The number of fused-ring (bicyclic) bond motifs is 2. The van der Waals surface area contributed by atoms with Crippen molar-refractivity contribution in [2.45, 2.75) is 25.8 Å². The van der Waals surface area contributed by atoms with E-state index >= 15 is 0 Å². The van der Waals surface area contributed by atoms with Crippen LogP contribution in [0.2, 0.25) is 5.02 Å². The summed E-state index contributed by atoms with van der Waals surface area (Å²) in [5.74, 6) is 0.815. The lowest BCUT2D eigenvalue weighted by Gasteiger charge is -2.19. The molecule has 1 heterocycles. The van der Waals surface area contributed by atoms with E-state index in [4.69, 9.17) is 27.1 Å². The number of hydrogen-bond donors (Lipinski definition) is 2. The van der Waals surface area contributed by atoms with E-state index in [1.165, 1.54) is 0 Å². The number of benzene rings is 2. The van der Waals surface area contributed by atoms with Crippen LogP contribution in [0.4, 0.5) is 5.69 Å². The molecule has 3 aromatic rings. The highest BCUT2D eigenvalue weighted by Crippen LogP contribution is 2.34. The molecule has 3 rings (SSSR count). The second kappa shape index (κ2) is 7.24. The lowest BCUT2D eigenvalue weighted by Crippen LogP contribution is -2.17. The number of halogens is 1. The highest BCUT2D eigenvalue weighted by molar-refractivity contribution is 6.31. The molecule has 0 aliphatic rings. The summed E-state index contributed by atoms with van der Waals surface area (Å²) in [6, 6.07) is 12.0. The molecule has 2 aromatic carbocycles. The number of aromatic nitrogens is 1. The normalized spacial score (nSPS) is 12.5. The number of hydrogen-bond acceptors (Lipinski definition) is 4. The van der Waals surface area contributed by atoms with Crippen molar-refractivity contribution in [3.05, 3.63) is 41.4 Å². The van der Waals surface area contributed by atoms with Gasteiger partial charge in [-0.2, -0.15) is 0 Å². The predicted molar refractivity (Wildman–Crippen MR) is 102 cm³/mol. The molecule has 0 saturated carbocycles. The van der Waals surface area contributed by atoms with Crippen molar-refractivity contribution in [1.82, 2.24) is 4.98 Å². The Bertz CT molecular complexity index is 866. The summed E-state index contributed by atoms with van der Waals surface area (Å²) < 4.78 is 5.39. The number of pyridine rings is 1. The first-order valence-electron chi connectivity index (χ1n) is 8.16. The van der Waals surface area contributed by atoms with E-state index in [2.05, 4.69) is 12.2 Å². The Balaban J connectivity index is 2.18. The molecule has 1 unspecified atom stereocenters. The summed E-state index contributed by atoms with van der Waals surface area (Å²) >= 11 is 6.15. The third-order valence-corrected chi connectivity index (χ3v) is 4.41. The van der Waals surface area contributed by atoms with E-state index < -0.39 is 0 Å². The minimum atomic E-state index is 0.309. The van der Waals surface area contributed by atoms with Gasteiger partial charge in [0.15, 0.2) is 0 Å². The molecule has 0 fully saturated rings. The van der Waals surface area contributed by atoms with E-state index in [9.17, 15) is 0 Å². The van der Waals surface area contributed by atoms with Crippen molar-refractivity contribution in [2.75, 3.05) is 19.0 Å². The van der Waals surface area contributed by atoms with Gasteiger partial charge in [0.05, 0.1) is 23.8 Å². The smallest absolute Gasteiger partial charge is 0.119 e. The van der Waals surface area contributed by atoms with Gasteiger partial charge in [0.1, 0.15) is 5.75 Å². The van der Waals surface area contributed by atoms with Crippen LogP contribution in [0.1, 0.15) is 19.8 Å². The van der Waals surface area contributed by atoms with Gasteiger partial charge >= 0.3 is 0 Å². The highest BCUT2D eigenvalue weighted by Gasteiger charge is 2.13. The summed E-state index contributed by atoms with van der Waals surface area (Å²) in [6.45, 7) is 2.87. The van der Waals surface area contributed by atoms with Crippen LogP contribution in [0.15, 0.2) is 36.4 Å². The number of rotatable bonds is 6. The number of nitrogens with zero attached hydrogens (tertiary/aromatic N) is 1. The zero-order valence-corrected chi connectivity index (χ0v) is 14.7. The van der Waals surface area contributed by atoms with Crippen LogP contribution < -0.4 is 15.8 Å². The van der Waals surface area contributed by atoms with Crippen molar-refractivity contribution >= 4 is 39.1 Å². The van der Waals surface area contributed by atoms with Crippen LogP contribution in [0.3, 0.4) is 0 Å². The Hall–Kier alpha value is -2.04. The Kier molecular flexibility index (Phi) is 5.07. The van der Waals surface area contributed by atoms with Crippen LogP contribution in [0.5, 0.6) is 5.75 Å². The van der Waals surface area contributed by atoms with Crippen molar-refractivity contribution in [3.8, 4) is 5.75 Å². The van der Waals surface area contributed by atoms with Crippen LogP contribution in [0, 0.1) is 0 Å². The summed E-state index contributed by atoms with van der Waals surface area (Å²) in [5.41, 5.74) is 8.50. The molecule has 0 amide bonds. The van der Waals surface area contributed by atoms with Gasteiger partial charge in [0.2, 0.25) is 0 Å². The van der Waals surface area contributed by atoms with Gasteiger partial charge in [-0.25, -0.2) is 4.98 Å². The summed E-state index contributed by atoms with van der Waals surface area (Å²) in [5, 5.41) is 6.42. The van der Waals surface area contributed by atoms with Gasteiger partial charge in [-0.1, -0.05) is 11.6 Å². The minimum Gasteiger partial charge on any atom is -0.497 e. The quantitative estimate of drug-likeness (QED) is 0.643. The molecule has 0 spiro atoms. The summed E-state index contributed by atoms with van der Waals surface area (Å²) in [7, 11) is 1.67. The second-order valence-corrected chi connectivity index (χ2v) is 6.44. The lowest BCUT2D eigenvalue weighted by atomic mass is 10.1. The molecule has 126 valence electrons. The zero-order valence-electron chi connectivity index (χ0n) is 14.0. The van der Waals surface area contributed by atoms with Gasteiger partial charge in [-0.05, 0) is 62.7 Å². The molecule has 1 aromatic heterocycles. The molecule has 3 N–H and O–H groups in total.